The van der Waals surface area contributed by atoms with Gasteiger partial charge in [-0.25, -0.2) is 13.2 Å². The van der Waals surface area contributed by atoms with E-state index in [4.69, 9.17) is 58.0 Å². The van der Waals surface area contributed by atoms with Gasteiger partial charge in [0.05, 0.1) is 0 Å². The van der Waals surface area contributed by atoms with Crippen LogP contribution in [0, 0.1) is 11.6 Å². The third-order valence-corrected chi connectivity index (χ3v) is 7.68. The molecule has 0 spiro atoms. The van der Waals surface area contributed by atoms with Gasteiger partial charge in [0.2, 0.25) is 0 Å². The van der Waals surface area contributed by atoms with Crippen molar-refractivity contribution < 1.29 is 13.2 Å². The van der Waals surface area contributed by atoms with Crippen LogP contribution in [0.2, 0.25) is 20.1 Å². The predicted octanol–water partition coefficient (Wildman–Crippen LogP) is 14.0. The fourth-order valence-corrected chi connectivity index (χ4v) is 4.59. The van der Waals surface area contributed by atoms with Crippen LogP contribution in [0.4, 0.5) is 13.2 Å². The van der Waals surface area contributed by atoms with Gasteiger partial charge in [0.1, 0.15) is 11.6 Å². The molecule has 6 rings (SSSR count). The molecule has 0 saturated heterocycles. The molecular formula is C39H30Cl5F3. The molecule has 0 fully saturated rings. The number of halogens is 8. The molecule has 0 aliphatic rings. The topological polar surface area (TPSA) is 0 Å². The van der Waals surface area contributed by atoms with Gasteiger partial charge in [0.25, 0.3) is 0 Å². The molecule has 0 aromatic heterocycles. The monoisotopic (exact) mass is 730 g/mol. The first-order valence-corrected chi connectivity index (χ1v) is 16.3. The zero-order valence-corrected chi connectivity index (χ0v) is 28.7. The molecule has 8 heteroatoms. The maximum atomic E-state index is 14.0. The first-order chi connectivity index (χ1) is 22.6. The third-order valence-electron chi connectivity index (χ3n) is 6.36. The van der Waals surface area contributed by atoms with E-state index in [9.17, 15) is 13.2 Å². The van der Waals surface area contributed by atoms with Gasteiger partial charge in [-0.15, -0.1) is 11.6 Å². The molecule has 0 N–H and O–H groups in total. The van der Waals surface area contributed by atoms with Crippen LogP contribution in [0.15, 0.2) is 152 Å². The van der Waals surface area contributed by atoms with Gasteiger partial charge in [-0.1, -0.05) is 125 Å². The lowest BCUT2D eigenvalue weighted by Gasteiger charge is -2.08. The van der Waals surface area contributed by atoms with Crippen LogP contribution in [0.1, 0.15) is 34.0 Å². The van der Waals surface area contributed by atoms with E-state index in [-0.39, 0.29) is 11.6 Å². The predicted molar refractivity (Wildman–Crippen MR) is 194 cm³/mol. The average Bonchev–Trinajstić information content (AvgIpc) is 3.09. The van der Waals surface area contributed by atoms with Crippen molar-refractivity contribution in [3.05, 3.63) is 211 Å². The standard InChI is InChI=1S/C13H9Cl2F.C13H10F2.C7H6Cl2.C6H5Cl/c14-11-5-1-9(2-6-11)13(16)10-3-7-12(15)8-4-10;14-12-5-1-10(2-6-12)9-11-3-7-13(15)8-4-11;8-5-6-1-3-7(9)4-2-6;7-6-4-2-1-3-5-6/h1-8,13H;1-8H,9H2;1-4H,5H2;1-5H. The lowest BCUT2D eigenvalue weighted by atomic mass is 10.0. The highest BCUT2D eigenvalue weighted by atomic mass is 35.5. The quantitative estimate of drug-likeness (QED) is 0.155. The van der Waals surface area contributed by atoms with Crippen molar-refractivity contribution in [1.82, 2.24) is 0 Å². The molecule has 0 bridgehead atoms. The Bertz CT molecular complexity index is 1620. The number of hydrogen-bond donors (Lipinski definition) is 0. The summed E-state index contributed by atoms with van der Waals surface area (Å²) in [4.78, 5) is 0. The summed E-state index contributed by atoms with van der Waals surface area (Å²) in [6, 6.07) is 43.0. The highest BCUT2D eigenvalue weighted by Crippen LogP contribution is 2.27. The Morgan fingerprint density at radius 1 is 0.404 bits per heavy atom. The minimum atomic E-state index is -1.14. The summed E-state index contributed by atoms with van der Waals surface area (Å²) in [5.74, 6) is 0.0766. The van der Waals surface area contributed by atoms with Crippen molar-refractivity contribution in [3.63, 3.8) is 0 Å². The zero-order chi connectivity index (χ0) is 34.0. The molecule has 6 aromatic carbocycles. The summed E-state index contributed by atoms with van der Waals surface area (Å²) in [5.41, 5.74) is 4.31. The second-order valence-corrected chi connectivity index (χ2v) is 12.0. The number of alkyl halides is 2. The summed E-state index contributed by atoms with van der Waals surface area (Å²) in [6.07, 6.45) is -0.449. The number of rotatable bonds is 5. The van der Waals surface area contributed by atoms with E-state index in [0.29, 0.717) is 33.5 Å². The second-order valence-electron chi connectivity index (χ2n) is 9.95. The van der Waals surface area contributed by atoms with Crippen LogP contribution in [-0.2, 0) is 12.3 Å². The van der Waals surface area contributed by atoms with Gasteiger partial charge in [0.15, 0.2) is 6.17 Å². The molecule has 0 saturated carbocycles. The lowest BCUT2D eigenvalue weighted by molar-refractivity contribution is 0.402. The van der Waals surface area contributed by atoms with Crippen LogP contribution in [0.5, 0.6) is 0 Å². The molecule has 0 nitrogen and oxygen atoms in total. The Balaban J connectivity index is 0.000000179. The van der Waals surface area contributed by atoms with Crippen molar-refractivity contribution in [2.45, 2.75) is 18.5 Å². The molecule has 0 aliphatic heterocycles. The summed E-state index contributed by atoms with van der Waals surface area (Å²) in [5, 5.41) is 2.76. The molecule has 47 heavy (non-hydrogen) atoms. The van der Waals surface area contributed by atoms with E-state index in [1.165, 1.54) is 24.3 Å². The molecule has 0 radical (unpaired) electrons. The molecule has 0 unspecified atom stereocenters. The Hall–Kier alpha value is -3.44. The molecule has 0 amide bonds. The smallest absolute Gasteiger partial charge is 0.150 e. The maximum absolute atomic E-state index is 14.0. The first kappa shape index (κ1) is 38.0. The van der Waals surface area contributed by atoms with E-state index in [2.05, 4.69) is 0 Å². The average molecular weight is 733 g/mol. The fourth-order valence-electron chi connectivity index (χ4n) is 3.88. The fraction of sp³-hybridized carbons (Fsp3) is 0.0769. The summed E-state index contributed by atoms with van der Waals surface area (Å²) in [7, 11) is 0. The normalized spacial score (nSPS) is 10.1. The summed E-state index contributed by atoms with van der Waals surface area (Å²) in [6.45, 7) is 0. The molecule has 0 aliphatic carbocycles. The van der Waals surface area contributed by atoms with Gasteiger partial charge in [0, 0.05) is 26.0 Å². The van der Waals surface area contributed by atoms with Crippen LogP contribution in [0.3, 0.4) is 0 Å². The van der Waals surface area contributed by atoms with Crippen molar-refractivity contribution in [2.24, 2.45) is 0 Å². The van der Waals surface area contributed by atoms with E-state index in [0.717, 1.165) is 26.7 Å². The van der Waals surface area contributed by atoms with Gasteiger partial charge in [-0.2, -0.15) is 0 Å². The first-order valence-electron chi connectivity index (χ1n) is 14.3. The lowest BCUT2D eigenvalue weighted by Crippen LogP contribution is -1.93. The number of benzene rings is 6. The van der Waals surface area contributed by atoms with Gasteiger partial charge >= 0.3 is 0 Å². The Morgan fingerprint density at radius 3 is 1.04 bits per heavy atom. The van der Waals surface area contributed by atoms with Crippen LogP contribution >= 0.6 is 58.0 Å². The Kier molecular flexibility index (Phi) is 16.8. The van der Waals surface area contributed by atoms with E-state index in [1.54, 1.807) is 72.8 Å². The maximum Gasteiger partial charge on any atom is 0.150 e. The summed E-state index contributed by atoms with van der Waals surface area (Å²) < 4.78 is 39.3. The Labute approximate surface area is 299 Å². The van der Waals surface area contributed by atoms with Crippen LogP contribution in [-0.4, -0.2) is 0 Å². The molecule has 0 atom stereocenters. The van der Waals surface area contributed by atoms with E-state index < -0.39 is 6.17 Å². The van der Waals surface area contributed by atoms with Crippen molar-refractivity contribution >= 4 is 58.0 Å². The molecule has 0 heterocycles. The van der Waals surface area contributed by atoms with E-state index in [1.807, 2.05) is 54.6 Å². The van der Waals surface area contributed by atoms with Gasteiger partial charge in [-0.05, 0) is 107 Å². The largest absolute Gasteiger partial charge is 0.237 e. The van der Waals surface area contributed by atoms with Gasteiger partial charge in [-0.3, -0.25) is 0 Å². The molecule has 6 aromatic rings. The number of hydrogen-bond acceptors (Lipinski definition) is 0. The van der Waals surface area contributed by atoms with Crippen LogP contribution in [0.25, 0.3) is 0 Å². The zero-order valence-electron chi connectivity index (χ0n) is 24.9. The molecule has 242 valence electrons. The van der Waals surface area contributed by atoms with Crippen LogP contribution < -0.4 is 0 Å². The summed E-state index contributed by atoms with van der Waals surface area (Å²) >= 11 is 28.2. The van der Waals surface area contributed by atoms with Crippen molar-refractivity contribution in [2.75, 3.05) is 0 Å². The highest BCUT2D eigenvalue weighted by molar-refractivity contribution is 6.31. The molecular weight excluding hydrogens is 703 g/mol. The van der Waals surface area contributed by atoms with E-state index >= 15 is 0 Å². The SMILES string of the molecule is ClCc1ccc(Cl)cc1.Clc1ccccc1.FC(c1ccc(Cl)cc1)c1ccc(Cl)cc1.Fc1ccc(Cc2ccc(F)cc2)cc1. The minimum Gasteiger partial charge on any atom is -0.237 e. The highest BCUT2D eigenvalue weighted by Gasteiger charge is 2.12. The second kappa shape index (κ2) is 20.7. The third kappa shape index (κ3) is 14.9. The van der Waals surface area contributed by atoms with Crippen molar-refractivity contribution in [1.29, 1.82) is 0 Å². The van der Waals surface area contributed by atoms with Gasteiger partial charge < -0.3 is 0 Å². The minimum absolute atomic E-state index is 0.238. The van der Waals surface area contributed by atoms with Crippen molar-refractivity contribution in [3.8, 4) is 0 Å². The Morgan fingerprint density at radius 2 is 0.723 bits per heavy atom.